The Balaban J connectivity index is 1.14. The van der Waals surface area contributed by atoms with E-state index in [-0.39, 0.29) is 0 Å². The molecule has 176 valence electrons. The largest absolute Gasteiger partial charge is 0.469 e. The Labute approximate surface area is 195 Å². The van der Waals surface area contributed by atoms with Gasteiger partial charge in [0.05, 0.1) is 19.0 Å². The Morgan fingerprint density at radius 1 is 1.06 bits per heavy atom. The smallest absolute Gasteiger partial charge is 0.107 e. The van der Waals surface area contributed by atoms with Crippen LogP contribution in [0.2, 0.25) is 0 Å². The predicted octanol–water partition coefficient (Wildman–Crippen LogP) is 6.81. The highest BCUT2D eigenvalue weighted by atomic mass is 16.5. The number of nitrogens with zero attached hydrogens (tertiary/aromatic N) is 1. The number of fused-ring (bicyclic) bond motifs is 5. The highest BCUT2D eigenvalue weighted by Gasteiger charge is 2.59. The molecule has 0 amide bonds. The molecular formula is C29H43NO2. The van der Waals surface area contributed by atoms with Crippen LogP contribution in [0.25, 0.3) is 0 Å². The summed E-state index contributed by atoms with van der Waals surface area (Å²) in [5.41, 5.74) is 2.60. The van der Waals surface area contributed by atoms with E-state index in [0.29, 0.717) is 22.9 Å². The summed E-state index contributed by atoms with van der Waals surface area (Å²) in [7, 11) is 0. The highest BCUT2D eigenvalue weighted by Crippen LogP contribution is 2.68. The molecule has 1 saturated heterocycles. The SMILES string of the molecule is C[C@]12CC[C@H]3[C@@H](CC=C4C[C@@H](OCCN5CCCC5)CC[C@@]43C)[C@@H]1CC[C@@H]2c1ccco1. The number of allylic oxidation sites excluding steroid dienone is 1. The molecule has 32 heavy (non-hydrogen) atoms. The third-order valence-electron chi connectivity index (χ3n) is 10.9. The van der Waals surface area contributed by atoms with Crippen molar-refractivity contribution in [1.29, 1.82) is 0 Å². The zero-order valence-corrected chi connectivity index (χ0v) is 20.4. The van der Waals surface area contributed by atoms with Crippen LogP contribution in [0, 0.1) is 28.6 Å². The average Bonchev–Trinajstić information content (AvgIpc) is 3.54. The second-order valence-electron chi connectivity index (χ2n) is 12.2. The van der Waals surface area contributed by atoms with Crippen molar-refractivity contribution in [2.24, 2.45) is 28.6 Å². The lowest BCUT2D eigenvalue weighted by atomic mass is 9.47. The number of hydrogen-bond acceptors (Lipinski definition) is 3. The van der Waals surface area contributed by atoms with Crippen LogP contribution in [0.3, 0.4) is 0 Å². The summed E-state index contributed by atoms with van der Waals surface area (Å²) in [6.07, 6.45) is 18.3. The Morgan fingerprint density at radius 3 is 2.75 bits per heavy atom. The zero-order chi connectivity index (χ0) is 21.8. The van der Waals surface area contributed by atoms with Gasteiger partial charge in [0.2, 0.25) is 0 Å². The summed E-state index contributed by atoms with van der Waals surface area (Å²) in [6, 6.07) is 4.32. The topological polar surface area (TPSA) is 25.6 Å². The lowest BCUT2D eigenvalue weighted by molar-refractivity contribution is -0.0533. The van der Waals surface area contributed by atoms with E-state index in [2.05, 4.69) is 37.0 Å². The first-order valence-corrected chi connectivity index (χ1v) is 13.6. The fraction of sp³-hybridized carbons (Fsp3) is 0.793. The van der Waals surface area contributed by atoms with Crippen molar-refractivity contribution >= 4 is 0 Å². The van der Waals surface area contributed by atoms with Gasteiger partial charge in [0.25, 0.3) is 0 Å². The van der Waals surface area contributed by atoms with E-state index in [0.717, 1.165) is 30.9 Å². The molecule has 3 saturated carbocycles. The van der Waals surface area contributed by atoms with Gasteiger partial charge in [0.1, 0.15) is 5.76 Å². The van der Waals surface area contributed by atoms with Crippen molar-refractivity contribution in [3.05, 3.63) is 35.8 Å². The summed E-state index contributed by atoms with van der Waals surface area (Å²) in [5.74, 6) is 4.48. The minimum atomic E-state index is 0.418. The quantitative estimate of drug-likeness (QED) is 0.473. The molecule has 1 aromatic rings. The predicted molar refractivity (Wildman–Crippen MR) is 129 cm³/mol. The third-order valence-corrected chi connectivity index (χ3v) is 10.9. The second kappa shape index (κ2) is 8.31. The maximum absolute atomic E-state index is 6.42. The minimum Gasteiger partial charge on any atom is -0.469 e. The van der Waals surface area contributed by atoms with E-state index >= 15 is 0 Å². The summed E-state index contributed by atoms with van der Waals surface area (Å²) < 4.78 is 12.3. The standard InChI is InChI=1S/C29H43NO2/c1-28-13-11-22(31-19-17-30-15-3-4-16-30)20-21(28)7-8-23-24-9-10-26(27-6-5-18-32-27)29(24,2)14-12-25(23)28/h5-7,18,22-26H,3-4,8-17,19-20H2,1-2H3/t22-,23-,24-,25-,26+,28-,29-/m0/s1. The van der Waals surface area contributed by atoms with E-state index in [1.807, 2.05) is 6.26 Å². The van der Waals surface area contributed by atoms with Crippen LogP contribution in [0.4, 0.5) is 0 Å². The molecule has 0 unspecified atom stereocenters. The molecule has 0 spiro atoms. The molecule has 4 fully saturated rings. The number of rotatable bonds is 5. The van der Waals surface area contributed by atoms with Gasteiger partial charge in [-0.25, -0.2) is 0 Å². The molecule has 4 aliphatic carbocycles. The van der Waals surface area contributed by atoms with Crippen LogP contribution in [0.5, 0.6) is 0 Å². The van der Waals surface area contributed by atoms with Crippen LogP contribution in [0.15, 0.2) is 34.5 Å². The van der Waals surface area contributed by atoms with Gasteiger partial charge in [-0.2, -0.15) is 0 Å². The van der Waals surface area contributed by atoms with Gasteiger partial charge in [-0.1, -0.05) is 25.5 Å². The van der Waals surface area contributed by atoms with Gasteiger partial charge in [0, 0.05) is 12.5 Å². The van der Waals surface area contributed by atoms with Gasteiger partial charge in [-0.3, -0.25) is 0 Å². The van der Waals surface area contributed by atoms with Crippen molar-refractivity contribution in [3.63, 3.8) is 0 Å². The van der Waals surface area contributed by atoms with E-state index in [9.17, 15) is 0 Å². The Bertz CT molecular complexity index is 824. The van der Waals surface area contributed by atoms with Gasteiger partial charge in [-0.15, -0.1) is 0 Å². The van der Waals surface area contributed by atoms with Crippen LogP contribution in [-0.2, 0) is 4.74 Å². The van der Waals surface area contributed by atoms with Crippen molar-refractivity contribution in [2.75, 3.05) is 26.2 Å². The van der Waals surface area contributed by atoms with Gasteiger partial charge in [-0.05, 0) is 118 Å². The van der Waals surface area contributed by atoms with Crippen molar-refractivity contribution < 1.29 is 9.15 Å². The first kappa shape index (κ1) is 21.5. The Hall–Kier alpha value is -1.06. The van der Waals surface area contributed by atoms with Crippen molar-refractivity contribution in [1.82, 2.24) is 4.90 Å². The molecule has 1 aromatic heterocycles. The van der Waals surface area contributed by atoms with Gasteiger partial charge >= 0.3 is 0 Å². The Morgan fingerprint density at radius 2 is 1.94 bits per heavy atom. The summed E-state index contributed by atoms with van der Waals surface area (Å²) >= 11 is 0. The minimum absolute atomic E-state index is 0.418. The number of ether oxygens (including phenoxy) is 1. The summed E-state index contributed by atoms with van der Waals surface area (Å²) in [6.45, 7) is 9.84. The fourth-order valence-corrected chi connectivity index (χ4v) is 9.08. The zero-order valence-electron chi connectivity index (χ0n) is 20.4. The number of hydrogen-bond donors (Lipinski definition) is 0. The molecule has 0 bridgehead atoms. The molecule has 6 rings (SSSR count). The maximum atomic E-state index is 6.42. The first-order chi connectivity index (χ1) is 15.6. The van der Waals surface area contributed by atoms with E-state index < -0.39 is 0 Å². The van der Waals surface area contributed by atoms with Gasteiger partial charge in [0.15, 0.2) is 0 Å². The molecule has 3 nitrogen and oxygen atoms in total. The Kier molecular flexibility index (Phi) is 5.57. The highest BCUT2D eigenvalue weighted by molar-refractivity contribution is 5.27. The molecule has 5 aliphatic rings. The monoisotopic (exact) mass is 437 g/mol. The molecule has 3 heteroatoms. The lowest BCUT2D eigenvalue weighted by Gasteiger charge is -2.58. The van der Waals surface area contributed by atoms with E-state index in [1.54, 1.807) is 5.57 Å². The van der Waals surface area contributed by atoms with Crippen LogP contribution >= 0.6 is 0 Å². The van der Waals surface area contributed by atoms with E-state index in [1.165, 1.54) is 83.1 Å². The third kappa shape index (κ3) is 3.45. The maximum Gasteiger partial charge on any atom is 0.107 e. The average molecular weight is 438 g/mol. The second-order valence-corrected chi connectivity index (χ2v) is 12.2. The molecular weight excluding hydrogens is 394 g/mol. The lowest BCUT2D eigenvalue weighted by Crippen LogP contribution is -2.50. The van der Waals surface area contributed by atoms with Gasteiger partial charge < -0.3 is 14.1 Å². The molecule has 2 heterocycles. The van der Waals surface area contributed by atoms with Crippen molar-refractivity contribution in [3.8, 4) is 0 Å². The fourth-order valence-electron chi connectivity index (χ4n) is 9.08. The summed E-state index contributed by atoms with van der Waals surface area (Å²) in [4.78, 5) is 2.58. The molecule has 1 aliphatic heterocycles. The molecule has 0 aromatic carbocycles. The molecule has 0 radical (unpaired) electrons. The van der Waals surface area contributed by atoms with Crippen molar-refractivity contribution in [2.45, 2.75) is 90.1 Å². The first-order valence-electron chi connectivity index (χ1n) is 13.6. The number of likely N-dealkylation sites (tertiary alicyclic amines) is 1. The van der Waals surface area contributed by atoms with Crippen LogP contribution in [-0.4, -0.2) is 37.2 Å². The van der Waals surface area contributed by atoms with E-state index in [4.69, 9.17) is 9.15 Å². The van der Waals surface area contributed by atoms with Crippen LogP contribution in [0.1, 0.15) is 89.7 Å². The normalized spacial score (nSPS) is 44.1. The molecule has 0 N–H and O–H groups in total. The molecule has 7 atom stereocenters. The summed E-state index contributed by atoms with van der Waals surface area (Å²) in [5, 5.41) is 0. The van der Waals surface area contributed by atoms with Crippen LogP contribution < -0.4 is 0 Å². The number of furan rings is 1.